The van der Waals surface area contributed by atoms with Gasteiger partial charge in [-0.3, -0.25) is 4.79 Å². The Hall–Kier alpha value is -2.38. The molecule has 2 N–H and O–H groups in total. The molecule has 3 rings (SSSR count). The number of hydrogen-bond acceptors (Lipinski definition) is 3. The van der Waals surface area contributed by atoms with E-state index in [4.69, 9.17) is 0 Å². The van der Waals surface area contributed by atoms with Crippen molar-refractivity contribution in [3.05, 3.63) is 71.0 Å². The second kappa shape index (κ2) is 7.70. The zero-order chi connectivity index (χ0) is 19.6. The molecule has 1 saturated heterocycles. The molecule has 0 aliphatic carbocycles. The molecule has 144 valence electrons. The molecule has 1 heterocycles. The van der Waals surface area contributed by atoms with E-state index in [1.165, 1.54) is 23.1 Å². The van der Waals surface area contributed by atoms with E-state index in [9.17, 15) is 28.2 Å². The molecular formula is C20H20F3NO3. The van der Waals surface area contributed by atoms with Crippen molar-refractivity contribution in [1.29, 1.82) is 0 Å². The monoisotopic (exact) mass is 379 g/mol. The molecule has 0 bridgehead atoms. The van der Waals surface area contributed by atoms with E-state index < -0.39 is 34.9 Å². The molecular weight excluding hydrogens is 359 g/mol. The minimum Gasteiger partial charge on any atom is -0.396 e. The highest BCUT2D eigenvalue weighted by molar-refractivity contribution is 5.94. The van der Waals surface area contributed by atoms with Crippen molar-refractivity contribution in [3.8, 4) is 0 Å². The molecule has 1 aliphatic rings. The Morgan fingerprint density at radius 2 is 1.81 bits per heavy atom. The largest absolute Gasteiger partial charge is 0.396 e. The zero-order valence-corrected chi connectivity index (χ0v) is 14.5. The molecule has 0 unspecified atom stereocenters. The first-order chi connectivity index (χ1) is 12.8. The SMILES string of the molecule is O=C(c1ccc(F)c(F)c1)N1CC[C@H](O)[C@@](CO)(Cc2ccc(F)cc2)C1. The van der Waals surface area contributed by atoms with Crippen LogP contribution < -0.4 is 0 Å². The summed E-state index contributed by atoms with van der Waals surface area (Å²) in [7, 11) is 0. The van der Waals surface area contributed by atoms with Crippen LogP contribution in [-0.2, 0) is 6.42 Å². The van der Waals surface area contributed by atoms with Gasteiger partial charge in [0.05, 0.1) is 12.7 Å². The minimum absolute atomic E-state index is 0.00101. The molecule has 0 aromatic heterocycles. The number of piperidine rings is 1. The lowest BCUT2D eigenvalue weighted by molar-refractivity contribution is -0.0668. The number of halogens is 3. The van der Waals surface area contributed by atoms with Gasteiger partial charge in [0.2, 0.25) is 0 Å². The third-order valence-corrected chi connectivity index (χ3v) is 5.12. The van der Waals surface area contributed by atoms with Gasteiger partial charge in [-0.15, -0.1) is 0 Å². The molecule has 7 heteroatoms. The van der Waals surface area contributed by atoms with Crippen molar-refractivity contribution in [1.82, 2.24) is 4.90 Å². The topological polar surface area (TPSA) is 60.8 Å². The first kappa shape index (κ1) is 19.4. The van der Waals surface area contributed by atoms with Crippen molar-refractivity contribution >= 4 is 5.91 Å². The van der Waals surface area contributed by atoms with Gasteiger partial charge in [0.15, 0.2) is 11.6 Å². The van der Waals surface area contributed by atoms with E-state index in [1.807, 2.05) is 0 Å². The number of nitrogens with zero attached hydrogens (tertiary/aromatic N) is 1. The average Bonchev–Trinajstić information content (AvgIpc) is 2.67. The molecule has 1 fully saturated rings. The smallest absolute Gasteiger partial charge is 0.253 e. The maximum Gasteiger partial charge on any atom is 0.253 e. The van der Waals surface area contributed by atoms with Crippen LogP contribution in [0.3, 0.4) is 0 Å². The van der Waals surface area contributed by atoms with Crippen LogP contribution in [0.25, 0.3) is 0 Å². The van der Waals surface area contributed by atoms with E-state index in [2.05, 4.69) is 0 Å². The standard InChI is InChI=1S/C20H20F3NO3/c21-15-4-1-13(2-5-15)10-20(12-25)11-24(8-7-18(20)26)19(27)14-3-6-16(22)17(23)9-14/h1-6,9,18,25-26H,7-8,10-12H2/t18-,20-/m0/s1. The molecule has 0 spiro atoms. The van der Waals surface area contributed by atoms with Gasteiger partial charge in [-0.1, -0.05) is 12.1 Å². The van der Waals surface area contributed by atoms with Crippen LogP contribution in [0.2, 0.25) is 0 Å². The molecule has 4 nitrogen and oxygen atoms in total. The Morgan fingerprint density at radius 1 is 1.11 bits per heavy atom. The number of carbonyl (C=O) groups excluding carboxylic acids is 1. The van der Waals surface area contributed by atoms with Crippen LogP contribution in [0.1, 0.15) is 22.3 Å². The summed E-state index contributed by atoms with van der Waals surface area (Å²) in [5.41, 5.74) is -0.310. The summed E-state index contributed by atoms with van der Waals surface area (Å²) in [6, 6.07) is 8.64. The van der Waals surface area contributed by atoms with Crippen LogP contribution in [0.15, 0.2) is 42.5 Å². The number of rotatable bonds is 4. The Bertz CT molecular complexity index is 828. The fourth-order valence-electron chi connectivity index (χ4n) is 3.53. The first-order valence-corrected chi connectivity index (χ1v) is 8.62. The summed E-state index contributed by atoms with van der Waals surface area (Å²) < 4.78 is 39.7. The normalized spacial score (nSPS) is 22.7. The van der Waals surface area contributed by atoms with Crippen LogP contribution in [0.4, 0.5) is 13.2 Å². The van der Waals surface area contributed by atoms with Gasteiger partial charge in [0.25, 0.3) is 5.91 Å². The highest BCUT2D eigenvalue weighted by Crippen LogP contribution is 2.34. The Labute approximate surface area is 154 Å². The Balaban J connectivity index is 1.83. The summed E-state index contributed by atoms with van der Waals surface area (Å²) in [5, 5.41) is 20.5. The Kier molecular flexibility index (Phi) is 5.53. The fraction of sp³-hybridized carbons (Fsp3) is 0.350. The predicted octanol–water partition coefficient (Wildman–Crippen LogP) is 2.53. The summed E-state index contributed by atoms with van der Waals surface area (Å²) in [5.74, 6) is -3.05. The number of aliphatic hydroxyl groups is 2. The summed E-state index contributed by atoms with van der Waals surface area (Å²) in [6.07, 6.45) is -0.384. The number of benzene rings is 2. The van der Waals surface area contributed by atoms with E-state index in [1.54, 1.807) is 12.1 Å². The number of amides is 1. The lowest BCUT2D eigenvalue weighted by Crippen LogP contribution is -2.56. The molecule has 0 radical (unpaired) electrons. The highest BCUT2D eigenvalue weighted by atomic mass is 19.2. The van der Waals surface area contributed by atoms with Gasteiger partial charge in [0, 0.05) is 24.1 Å². The van der Waals surface area contributed by atoms with Gasteiger partial charge < -0.3 is 15.1 Å². The second-order valence-corrected chi connectivity index (χ2v) is 6.98. The molecule has 1 amide bonds. The van der Waals surface area contributed by atoms with E-state index >= 15 is 0 Å². The van der Waals surface area contributed by atoms with Crippen LogP contribution in [0.5, 0.6) is 0 Å². The summed E-state index contributed by atoms with van der Waals surface area (Å²) >= 11 is 0. The minimum atomic E-state index is -1.11. The van der Waals surface area contributed by atoms with Gasteiger partial charge in [-0.2, -0.15) is 0 Å². The lowest BCUT2D eigenvalue weighted by atomic mass is 9.73. The van der Waals surface area contributed by atoms with Gasteiger partial charge in [-0.05, 0) is 48.7 Å². The molecule has 2 aromatic carbocycles. The van der Waals surface area contributed by atoms with Gasteiger partial charge in [0.1, 0.15) is 5.82 Å². The van der Waals surface area contributed by atoms with Crippen molar-refractivity contribution in [2.24, 2.45) is 5.41 Å². The van der Waals surface area contributed by atoms with Crippen molar-refractivity contribution < 1.29 is 28.2 Å². The fourth-order valence-corrected chi connectivity index (χ4v) is 3.53. The van der Waals surface area contributed by atoms with Crippen molar-refractivity contribution in [3.63, 3.8) is 0 Å². The van der Waals surface area contributed by atoms with Crippen molar-refractivity contribution in [2.75, 3.05) is 19.7 Å². The van der Waals surface area contributed by atoms with Gasteiger partial charge in [-0.25, -0.2) is 13.2 Å². The number of aliphatic hydroxyl groups excluding tert-OH is 2. The van der Waals surface area contributed by atoms with Gasteiger partial charge >= 0.3 is 0 Å². The van der Waals surface area contributed by atoms with Crippen molar-refractivity contribution in [2.45, 2.75) is 18.9 Å². The summed E-state index contributed by atoms with van der Waals surface area (Å²) in [6.45, 7) is -0.114. The van der Waals surface area contributed by atoms with Crippen LogP contribution in [0, 0.1) is 22.9 Å². The lowest BCUT2D eigenvalue weighted by Gasteiger charge is -2.45. The van der Waals surface area contributed by atoms with Crippen LogP contribution >= 0.6 is 0 Å². The van der Waals surface area contributed by atoms with E-state index in [0.717, 1.165) is 12.1 Å². The van der Waals surface area contributed by atoms with E-state index in [-0.39, 0.29) is 38.1 Å². The maximum absolute atomic E-state index is 13.5. The zero-order valence-electron chi connectivity index (χ0n) is 14.5. The third kappa shape index (κ3) is 3.99. The molecule has 1 aliphatic heterocycles. The quantitative estimate of drug-likeness (QED) is 0.858. The number of likely N-dealkylation sites (tertiary alicyclic amines) is 1. The Morgan fingerprint density at radius 3 is 2.44 bits per heavy atom. The first-order valence-electron chi connectivity index (χ1n) is 8.62. The predicted molar refractivity (Wildman–Crippen MR) is 92.5 cm³/mol. The van der Waals surface area contributed by atoms with E-state index in [0.29, 0.717) is 5.56 Å². The number of hydrogen-bond donors (Lipinski definition) is 2. The second-order valence-electron chi connectivity index (χ2n) is 6.98. The molecule has 2 atom stereocenters. The molecule has 27 heavy (non-hydrogen) atoms. The molecule has 0 saturated carbocycles. The number of carbonyl (C=O) groups is 1. The highest BCUT2D eigenvalue weighted by Gasteiger charge is 2.44. The maximum atomic E-state index is 13.5. The summed E-state index contributed by atoms with van der Waals surface area (Å²) in [4.78, 5) is 14.1. The third-order valence-electron chi connectivity index (χ3n) is 5.12. The average molecular weight is 379 g/mol. The molecule has 2 aromatic rings. The van der Waals surface area contributed by atoms with Crippen LogP contribution in [-0.4, -0.2) is 46.8 Å².